The molecule has 4 N–H and O–H groups in total. The van der Waals surface area contributed by atoms with Gasteiger partial charge in [-0.25, -0.2) is 4.57 Å². The minimum absolute atomic E-state index is 0.107. The Hall–Kier alpha value is -1.52. The number of nitrogens with two attached hydrogens (primary N) is 1. The number of hydrogen-bond donors (Lipinski definition) is 3. The lowest BCUT2D eigenvalue weighted by molar-refractivity contribution is -0.161. The molecule has 0 aromatic carbocycles. The van der Waals surface area contributed by atoms with E-state index in [4.69, 9.17) is 24.8 Å². The van der Waals surface area contributed by atoms with Gasteiger partial charge in [0.1, 0.15) is 12.6 Å². The fourth-order valence-electron chi connectivity index (χ4n) is 5.34. The first kappa shape index (κ1) is 46.5. The van der Waals surface area contributed by atoms with Crippen LogP contribution in [-0.2, 0) is 37.5 Å². The summed E-state index contributed by atoms with van der Waals surface area (Å²) in [4.78, 5) is 44.4. The van der Waals surface area contributed by atoms with Gasteiger partial charge in [-0.15, -0.1) is 0 Å². The molecule has 0 radical (unpaired) electrons. The number of ether oxygens (including phenoxy) is 2. The Morgan fingerprint density at radius 2 is 0.958 bits per heavy atom. The maximum atomic E-state index is 12.3. The number of hydrogen-bond acceptors (Lipinski definition) is 9. The number of unbranched alkanes of at least 4 members (excludes halogenated alkanes) is 23. The molecule has 0 bridgehead atoms. The van der Waals surface area contributed by atoms with Crippen LogP contribution in [0.4, 0.5) is 0 Å². The van der Waals surface area contributed by atoms with Gasteiger partial charge in [-0.05, 0) is 6.42 Å². The second kappa shape index (κ2) is 32.7. The lowest BCUT2D eigenvalue weighted by atomic mass is 10.0. The van der Waals surface area contributed by atoms with Crippen molar-refractivity contribution in [1.82, 2.24) is 0 Å². The van der Waals surface area contributed by atoms with Crippen molar-refractivity contribution in [2.24, 2.45) is 5.73 Å². The first-order valence-electron chi connectivity index (χ1n) is 19.1. The number of rotatable bonds is 36. The van der Waals surface area contributed by atoms with Crippen LogP contribution in [0.15, 0.2) is 0 Å². The minimum atomic E-state index is -4.67. The van der Waals surface area contributed by atoms with E-state index in [9.17, 15) is 23.8 Å². The smallest absolute Gasteiger partial charge is 0.472 e. The predicted octanol–water partition coefficient (Wildman–Crippen LogP) is 9.17. The quantitative estimate of drug-likeness (QED) is 0.0322. The number of phosphoric acid groups is 1. The zero-order chi connectivity index (χ0) is 35.7. The molecule has 0 heterocycles. The number of phosphoric ester groups is 1. The zero-order valence-electron chi connectivity index (χ0n) is 30.3. The Morgan fingerprint density at radius 1 is 0.583 bits per heavy atom. The second-order valence-corrected chi connectivity index (χ2v) is 14.5. The first-order valence-corrected chi connectivity index (χ1v) is 20.6. The molecule has 12 heteroatoms. The summed E-state index contributed by atoms with van der Waals surface area (Å²) in [6.07, 6.45) is 30.3. The Morgan fingerprint density at radius 3 is 1.33 bits per heavy atom. The second-order valence-electron chi connectivity index (χ2n) is 13.0. The van der Waals surface area contributed by atoms with Crippen LogP contribution in [0.5, 0.6) is 0 Å². The molecular weight excluding hydrogens is 637 g/mol. The SMILES string of the molecule is CCCCCCCCCCCCCCCCCCCCCCCCCCC(=O)OC(COC(=O)CC)COP(=O)(O)OCC(N)C(=O)O. The molecule has 0 saturated carbocycles. The van der Waals surface area contributed by atoms with Gasteiger partial charge in [0.25, 0.3) is 0 Å². The molecule has 0 aliphatic heterocycles. The number of carboxylic acid groups (broad SMARTS) is 1. The van der Waals surface area contributed by atoms with Crippen LogP contribution in [0.3, 0.4) is 0 Å². The van der Waals surface area contributed by atoms with Crippen LogP contribution >= 0.6 is 7.82 Å². The monoisotopic (exact) mass is 707 g/mol. The molecule has 0 fully saturated rings. The van der Waals surface area contributed by atoms with E-state index < -0.39 is 51.1 Å². The minimum Gasteiger partial charge on any atom is -0.480 e. The lowest BCUT2D eigenvalue weighted by Crippen LogP contribution is -2.34. The molecule has 0 spiro atoms. The number of esters is 2. The van der Waals surface area contributed by atoms with E-state index in [-0.39, 0.29) is 19.4 Å². The summed E-state index contributed by atoms with van der Waals surface area (Å²) in [5.41, 5.74) is 5.26. The van der Waals surface area contributed by atoms with Crippen molar-refractivity contribution in [3.63, 3.8) is 0 Å². The van der Waals surface area contributed by atoms with Crippen LogP contribution in [-0.4, -0.2) is 59.9 Å². The molecule has 0 rings (SSSR count). The Kier molecular flexibility index (Phi) is 31.6. The summed E-state index contributed by atoms with van der Waals surface area (Å²) in [6.45, 7) is 2.18. The van der Waals surface area contributed by atoms with Crippen LogP contribution in [0, 0.1) is 0 Å². The number of carbonyl (C=O) groups is 3. The van der Waals surface area contributed by atoms with Gasteiger partial charge in [-0.1, -0.05) is 162 Å². The fraction of sp³-hybridized carbons (Fsp3) is 0.917. The largest absolute Gasteiger partial charge is 0.480 e. The highest BCUT2D eigenvalue weighted by molar-refractivity contribution is 7.47. The maximum absolute atomic E-state index is 12.3. The number of carbonyl (C=O) groups excluding carboxylic acids is 2. The lowest BCUT2D eigenvalue weighted by Gasteiger charge is -2.20. The van der Waals surface area contributed by atoms with Gasteiger partial charge in [0.05, 0.1) is 13.2 Å². The standard InChI is InChI=1S/C36H70NO10P/c1-3-5-6-7-8-9-10-11-12-13-14-15-16-17-18-19-20-21-22-23-24-25-26-27-28-35(39)47-32(29-44-34(38)4-2)30-45-48(42,43)46-31-33(37)36(40)41/h32-33H,3-31,37H2,1-2H3,(H,40,41)(H,42,43). The van der Waals surface area contributed by atoms with Crippen LogP contribution in [0.2, 0.25) is 0 Å². The van der Waals surface area contributed by atoms with E-state index in [1.54, 1.807) is 6.92 Å². The molecule has 3 atom stereocenters. The van der Waals surface area contributed by atoms with Crippen molar-refractivity contribution >= 4 is 25.7 Å². The van der Waals surface area contributed by atoms with E-state index in [0.29, 0.717) is 6.42 Å². The molecular formula is C36H70NO10P. The Bertz CT molecular complexity index is 844. The Labute approximate surface area is 291 Å². The summed E-state index contributed by atoms with van der Waals surface area (Å²) < 4.78 is 31.7. The van der Waals surface area contributed by atoms with E-state index in [1.165, 1.54) is 128 Å². The summed E-state index contributed by atoms with van der Waals surface area (Å²) in [5.74, 6) is -2.47. The van der Waals surface area contributed by atoms with Crippen molar-refractivity contribution in [2.45, 2.75) is 193 Å². The average molecular weight is 708 g/mol. The summed E-state index contributed by atoms with van der Waals surface area (Å²) in [7, 11) is -4.67. The molecule has 48 heavy (non-hydrogen) atoms. The van der Waals surface area contributed by atoms with Crippen LogP contribution in [0.25, 0.3) is 0 Å². The third-order valence-electron chi connectivity index (χ3n) is 8.41. The summed E-state index contributed by atoms with van der Waals surface area (Å²) >= 11 is 0. The van der Waals surface area contributed by atoms with Gasteiger partial charge in [-0.3, -0.25) is 23.4 Å². The number of aliphatic carboxylic acids is 1. The third-order valence-corrected chi connectivity index (χ3v) is 9.36. The maximum Gasteiger partial charge on any atom is 0.472 e. The van der Waals surface area contributed by atoms with Gasteiger partial charge in [0.2, 0.25) is 0 Å². The average Bonchev–Trinajstić information content (AvgIpc) is 3.06. The number of carboxylic acids is 1. The zero-order valence-corrected chi connectivity index (χ0v) is 31.2. The fourth-order valence-corrected chi connectivity index (χ4v) is 6.12. The molecule has 3 unspecified atom stereocenters. The molecule has 0 saturated heterocycles. The van der Waals surface area contributed by atoms with Crippen molar-refractivity contribution in [1.29, 1.82) is 0 Å². The first-order chi connectivity index (χ1) is 23.1. The van der Waals surface area contributed by atoms with E-state index >= 15 is 0 Å². The van der Waals surface area contributed by atoms with E-state index in [2.05, 4.69) is 11.4 Å². The highest BCUT2D eigenvalue weighted by Crippen LogP contribution is 2.43. The molecule has 0 amide bonds. The highest BCUT2D eigenvalue weighted by atomic mass is 31.2. The van der Waals surface area contributed by atoms with Crippen molar-refractivity contribution < 1.29 is 47.5 Å². The summed E-state index contributed by atoms with van der Waals surface area (Å²) in [6, 6.07) is -1.51. The van der Waals surface area contributed by atoms with Crippen LogP contribution in [0.1, 0.15) is 181 Å². The van der Waals surface area contributed by atoms with Gasteiger partial charge < -0.3 is 25.2 Å². The molecule has 11 nitrogen and oxygen atoms in total. The van der Waals surface area contributed by atoms with E-state index in [1.807, 2.05) is 0 Å². The topological polar surface area (TPSA) is 172 Å². The highest BCUT2D eigenvalue weighted by Gasteiger charge is 2.28. The van der Waals surface area contributed by atoms with Gasteiger partial charge in [-0.2, -0.15) is 0 Å². The van der Waals surface area contributed by atoms with Gasteiger partial charge in [0, 0.05) is 12.8 Å². The van der Waals surface area contributed by atoms with Crippen molar-refractivity contribution in [2.75, 3.05) is 19.8 Å². The summed E-state index contributed by atoms with van der Waals surface area (Å²) in [5, 5.41) is 8.76. The normalized spacial score (nSPS) is 13.9. The van der Waals surface area contributed by atoms with E-state index in [0.717, 1.165) is 19.3 Å². The van der Waals surface area contributed by atoms with Crippen molar-refractivity contribution in [3.8, 4) is 0 Å². The molecule has 0 aromatic rings. The third kappa shape index (κ3) is 31.7. The molecule has 284 valence electrons. The van der Waals surface area contributed by atoms with Gasteiger partial charge in [0.15, 0.2) is 6.10 Å². The van der Waals surface area contributed by atoms with Crippen molar-refractivity contribution in [3.05, 3.63) is 0 Å². The van der Waals surface area contributed by atoms with Crippen LogP contribution < -0.4 is 5.73 Å². The predicted molar refractivity (Wildman–Crippen MR) is 190 cm³/mol. The molecule has 0 aliphatic rings. The Balaban J connectivity index is 3.78. The molecule has 0 aromatic heterocycles. The van der Waals surface area contributed by atoms with Gasteiger partial charge >= 0.3 is 25.7 Å². The molecule has 0 aliphatic carbocycles.